The fraction of sp³-hybridized carbons (Fsp3) is 0.278. The van der Waals surface area contributed by atoms with Crippen LogP contribution in [-0.4, -0.2) is 12.5 Å². The van der Waals surface area contributed by atoms with Gasteiger partial charge in [-0.1, -0.05) is 29.8 Å². The van der Waals surface area contributed by atoms with Crippen molar-refractivity contribution in [2.24, 2.45) is 0 Å². The van der Waals surface area contributed by atoms with Crippen LogP contribution in [0, 0.1) is 11.6 Å². The third kappa shape index (κ3) is 5.01. The summed E-state index contributed by atoms with van der Waals surface area (Å²) in [6, 6.07) is 10.3. The average Bonchev–Trinajstić information content (AvgIpc) is 2.53. The lowest BCUT2D eigenvalue weighted by atomic mass is 10.1. The van der Waals surface area contributed by atoms with Crippen molar-refractivity contribution in [2.75, 3.05) is 6.54 Å². The standard InChI is InChI=1S/C18H19ClF2N2O/c1-11(13-3-5-14(19)6-4-13)22-10-18(24)23-12(2)16-8-7-15(20)9-17(16)21/h3-9,11-12,22H,10H2,1-2H3,(H,23,24)/p+1/t11-,12+/m1/s1. The van der Waals surface area contributed by atoms with Crippen molar-refractivity contribution in [1.82, 2.24) is 5.32 Å². The molecule has 0 spiro atoms. The smallest absolute Gasteiger partial charge is 0.275 e. The van der Waals surface area contributed by atoms with Gasteiger partial charge in [-0.2, -0.15) is 0 Å². The van der Waals surface area contributed by atoms with E-state index in [9.17, 15) is 13.6 Å². The quantitative estimate of drug-likeness (QED) is 0.823. The molecule has 6 heteroatoms. The van der Waals surface area contributed by atoms with Crippen molar-refractivity contribution in [3.63, 3.8) is 0 Å². The molecule has 0 radical (unpaired) electrons. The maximum Gasteiger partial charge on any atom is 0.275 e. The molecule has 0 aliphatic rings. The number of benzene rings is 2. The van der Waals surface area contributed by atoms with Crippen LogP contribution >= 0.6 is 11.6 Å². The lowest BCUT2D eigenvalue weighted by molar-refractivity contribution is -0.682. The number of quaternary nitrogens is 1. The van der Waals surface area contributed by atoms with Crippen LogP contribution in [0.25, 0.3) is 0 Å². The molecule has 1 amide bonds. The van der Waals surface area contributed by atoms with E-state index in [4.69, 9.17) is 11.6 Å². The van der Waals surface area contributed by atoms with E-state index in [1.807, 2.05) is 24.4 Å². The SMILES string of the molecule is C[C@H](NC(=O)C[NH2+][C@H](C)c1ccc(Cl)cc1)c1ccc(F)cc1F. The highest BCUT2D eigenvalue weighted by atomic mass is 35.5. The highest BCUT2D eigenvalue weighted by Gasteiger charge is 2.16. The summed E-state index contributed by atoms with van der Waals surface area (Å²) in [6.45, 7) is 3.85. The van der Waals surface area contributed by atoms with Gasteiger partial charge in [-0.3, -0.25) is 4.79 Å². The number of nitrogens with two attached hydrogens (primary N) is 1. The van der Waals surface area contributed by atoms with Gasteiger partial charge in [-0.25, -0.2) is 8.78 Å². The molecule has 2 rings (SSSR count). The Bertz CT molecular complexity index is 707. The van der Waals surface area contributed by atoms with Crippen LogP contribution in [0.15, 0.2) is 42.5 Å². The topological polar surface area (TPSA) is 45.7 Å². The van der Waals surface area contributed by atoms with Gasteiger partial charge in [0.25, 0.3) is 5.91 Å². The second kappa shape index (κ2) is 8.22. The molecule has 0 bridgehead atoms. The third-order valence-electron chi connectivity index (χ3n) is 3.86. The number of hydrogen-bond acceptors (Lipinski definition) is 1. The van der Waals surface area contributed by atoms with E-state index in [2.05, 4.69) is 5.32 Å². The molecule has 3 nitrogen and oxygen atoms in total. The molecule has 24 heavy (non-hydrogen) atoms. The molecule has 0 heterocycles. The van der Waals surface area contributed by atoms with Gasteiger partial charge < -0.3 is 10.6 Å². The van der Waals surface area contributed by atoms with Crippen molar-refractivity contribution < 1.29 is 18.9 Å². The Morgan fingerprint density at radius 3 is 2.46 bits per heavy atom. The number of carbonyl (C=O) groups excluding carboxylic acids is 1. The Labute approximate surface area is 145 Å². The Balaban J connectivity index is 1.87. The zero-order chi connectivity index (χ0) is 17.7. The maximum atomic E-state index is 13.7. The van der Waals surface area contributed by atoms with Gasteiger partial charge in [-0.15, -0.1) is 0 Å². The number of nitrogens with one attached hydrogen (secondary N) is 1. The molecule has 0 aliphatic heterocycles. The van der Waals surface area contributed by atoms with Crippen LogP contribution in [0.1, 0.15) is 37.1 Å². The van der Waals surface area contributed by atoms with Crippen LogP contribution in [0.5, 0.6) is 0 Å². The minimum absolute atomic E-state index is 0.0888. The number of carbonyl (C=O) groups is 1. The van der Waals surface area contributed by atoms with E-state index in [0.717, 1.165) is 11.6 Å². The maximum absolute atomic E-state index is 13.7. The molecule has 0 unspecified atom stereocenters. The van der Waals surface area contributed by atoms with Crippen LogP contribution < -0.4 is 10.6 Å². The Kier molecular flexibility index (Phi) is 6.29. The largest absolute Gasteiger partial charge is 0.345 e. The van der Waals surface area contributed by atoms with E-state index >= 15 is 0 Å². The van der Waals surface area contributed by atoms with Gasteiger partial charge in [0.1, 0.15) is 17.7 Å². The average molecular weight is 354 g/mol. The fourth-order valence-corrected chi connectivity index (χ4v) is 2.54. The molecule has 2 aromatic rings. The van der Waals surface area contributed by atoms with Crippen molar-refractivity contribution >= 4 is 17.5 Å². The summed E-state index contributed by atoms with van der Waals surface area (Å²) in [6.07, 6.45) is 0. The zero-order valence-corrected chi connectivity index (χ0v) is 14.3. The Hall–Kier alpha value is -1.98. The molecule has 0 aliphatic carbocycles. The number of hydrogen-bond donors (Lipinski definition) is 2. The van der Waals surface area contributed by atoms with E-state index in [0.29, 0.717) is 5.02 Å². The molecule has 2 aromatic carbocycles. The van der Waals surface area contributed by atoms with Crippen LogP contribution in [0.4, 0.5) is 8.78 Å². The van der Waals surface area contributed by atoms with E-state index in [1.54, 1.807) is 19.1 Å². The summed E-state index contributed by atoms with van der Waals surface area (Å²) in [7, 11) is 0. The monoisotopic (exact) mass is 353 g/mol. The van der Waals surface area contributed by atoms with Gasteiger partial charge in [0, 0.05) is 22.2 Å². The molecular weight excluding hydrogens is 334 g/mol. The fourth-order valence-electron chi connectivity index (χ4n) is 2.42. The lowest BCUT2D eigenvalue weighted by Gasteiger charge is -2.16. The molecule has 2 atom stereocenters. The van der Waals surface area contributed by atoms with Gasteiger partial charge in [0.15, 0.2) is 6.54 Å². The van der Waals surface area contributed by atoms with Crippen LogP contribution in [0.2, 0.25) is 5.02 Å². The molecule has 0 saturated carbocycles. The van der Waals surface area contributed by atoms with Crippen molar-refractivity contribution in [2.45, 2.75) is 25.9 Å². The van der Waals surface area contributed by atoms with E-state index in [-0.39, 0.29) is 24.1 Å². The molecule has 3 N–H and O–H groups in total. The first-order valence-corrected chi connectivity index (χ1v) is 8.07. The van der Waals surface area contributed by atoms with Gasteiger partial charge >= 0.3 is 0 Å². The Morgan fingerprint density at radius 1 is 1.17 bits per heavy atom. The second-order valence-corrected chi connectivity index (χ2v) is 6.17. The Morgan fingerprint density at radius 2 is 1.83 bits per heavy atom. The molecule has 0 fully saturated rings. The van der Waals surface area contributed by atoms with Crippen molar-refractivity contribution in [3.8, 4) is 0 Å². The van der Waals surface area contributed by atoms with Crippen molar-refractivity contribution in [1.29, 1.82) is 0 Å². The van der Waals surface area contributed by atoms with E-state index < -0.39 is 17.7 Å². The highest BCUT2D eigenvalue weighted by molar-refractivity contribution is 6.30. The molecular formula is C18H20ClF2N2O+. The summed E-state index contributed by atoms with van der Waals surface area (Å²) in [4.78, 5) is 12.0. The molecule has 0 saturated heterocycles. The first-order chi connectivity index (χ1) is 11.4. The van der Waals surface area contributed by atoms with Crippen LogP contribution in [-0.2, 0) is 4.79 Å². The number of amides is 1. The summed E-state index contributed by atoms with van der Waals surface area (Å²) in [5.74, 6) is -1.52. The first kappa shape index (κ1) is 18.4. The van der Waals surface area contributed by atoms with Gasteiger partial charge in [-0.05, 0) is 32.0 Å². The third-order valence-corrected chi connectivity index (χ3v) is 4.11. The number of halogens is 3. The van der Waals surface area contributed by atoms with Gasteiger partial charge in [0.05, 0.1) is 6.04 Å². The summed E-state index contributed by atoms with van der Waals surface area (Å²) in [5, 5.41) is 5.27. The second-order valence-electron chi connectivity index (χ2n) is 5.74. The molecule has 128 valence electrons. The normalized spacial score (nSPS) is 13.4. The van der Waals surface area contributed by atoms with Crippen LogP contribution in [0.3, 0.4) is 0 Å². The van der Waals surface area contributed by atoms with Crippen molar-refractivity contribution in [3.05, 3.63) is 70.2 Å². The minimum Gasteiger partial charge on any atom is -0.345 e. The predicted molar refractivity (Wildman–Crippen MR) is 89.6 cm³/mol. The summed E-state index contributed by atoms with van der Waals surface area (Å²) >= 11 is 5.85. The van der Waals surface area contributed by atoms with Gasteiger partial charge in [0.2, 0.25) is 0 Å². The zero-order valence-electron chi connectivity index (χ0n) is 13.5. The van der Waals surface area contributed by atoms with E-state index in [1.165, 1.54) is 12.1 Å². The minimum atomic E-state index is -0.665. The number of rotatable bonds is 6. The first-order valence-electron chi connectivity index (χ1n) is 7.70. The molecule has 0 aromatic heterocycles. The highest BCUT2D eigenvalue weighted by Crippen LogP contribution is 2.17. The summed E-state index contributed by atoms with van der Waals surface area (Å²) in [5.41, 5.74) is 1.32. The predicted octanol–water partition coefficient (Wildman–Crippen LogP) is 3.12. The summed E-state index contributed by atoms with van der Waals surface area (Å²) < 4.78 is 26.6. The lowest BCUT2D eigenvalue weighted by Crippen LogP contribution is -2.87.